The van der Waals surface area contributed by atoms with Crippen molar-refractivity contribution in [3.8, 4) is 0 Å². The molecular weight excluding hydrogens is 288 g/mol. The van der Waals surface area contributed by atoms with Gasteiger partial charge >= 0.3 is 0 Å². The predicted octanol–water partition coefficient (Wildman–Crippen LogP) is 3.32. The van der Waals surface area contributed by atoms with Gasteiger partial charge in [0.25, 0.3) is 5.91 Å². The molecule has 0 aliphatic rings. The van der Waals surface area contributed by atoms with Gasteiger partial charge in [-0.1, -0.05) is 23.7 Å². The van der Waals surface area contributed by atoms with E-state index in [4.69, 9.17) is 11.6 Å². The van der Waals surface area contributed by atoms with Crippen LogP contribution in [-0.4, -0.2) is 21.9 Å². The first-order valence-electron chi connectivity index (χ1n) is 6.64. The SMILES string of the molecule is Cc1nc(Nc2ccccc2Cl)cc(C(=O)NC(C)C)n1. The lowest BCUT2D eigenvalue weighted by Gasteiger charge is -2.11. The smallest absolute Gasteiger partial charge is 0.270 e. The van der Waals surface area contributed by atoms with Crippen LogP contribution in [0.2, 0.25) is 5.02 Å². The Morgan fingerprint density at radius 1 is 1.24 bits per heavy atom. The minimum absolute atomic E-state index is 0.0488. The molecule has 5 nitrogen and oxygen atoms in total. The summed E-state index contributed by atoms with van der Waals surface area (Å²) in [5.74, 6) is 0.822. The molecular formula is C15H17ClN4O. The quantitative estimate of drug-likeness (QED) is 0.909. The van der Waals surface area contributed by atoms with Gasteiger partial charge in [0.05, 0.1) is 10.7 Å². The lowest BCUT2D eigenvalue weighted by Crippen LogP contribution is -2.31. The van der Waals surface area contributed by atoms with Crippen LogP contribution in [0.15, 0.2) is 30.3 Å². The molecule has 110 valence electrons. The molecule has 1 heterocycles. The van der Waals surface area contributed by atoms with Crippen molar-refractivity contribution in [1.82, 2.24) is 15.3 Å². The Bertz CT molecular complexity index is 658. The van der Waals surface area contributed by atoms with Crippen molar-refractivity contribution < 1.29 is 4.79 Å². The molecule has 0 bridgehead atoms. The standard InChI is InChI=1S/C15H17ClN4O/c1-9(2)17-15(21)13-8-14(19-10(3)18-13)20-12-7-5-4-6-11(12)16/h4-9H,1-3H3,(H,17,21)(H,18,19,20). The van der Waals surface area contributed by atoms with Crippen LogP contribution in [0.25, 0.3) is 0 Å². The van der Waals surface area contributed by atoms with Gasteiger partial charge in [-0.05, 0) is 32.9 Å². The number of hydrogen-bond donors (Lipinski definition) is 2. The lowest BCUT2D eigenvalue weighted by atomic mass is 10.3. The fourth-order valence-electron chi connectivity index (χ4n) is 1.78. The van der Waals surface area contributed by atoms with E-state index in [-0.39, 0.29) is 11.9 Å². The van der Waals surface area contributed by atoms with E-state index in [0.717, 1.165) is 5.69 Å². The largest absolute Gasteiger partial charge is 0.349 e. The molecule has 0 spiro atoms. The minimum atomic E-state index is -0.224. The third kappa shape index (κ3) is 4.16. The number of carbonyl (C=O) groups excluding carboxylic acids is 1. The maximum Gasteiger partial charge on any atom is 0.270 e. The summed E-state index contributed by atoms with van der Waals surface area (Å²) in [6.45, 7) is 5.54. The highest BCUT2D eigenvalue weighted by atomic mass is 35.5. The second-order valence-electron chi connectivity index (χ2n) is 4.92. The van der Waals surface area contributed by atoms with Crippen molar-refractivity contribution in [2.24, 2.45) is 0 Å². The van der Waals surface area contributed by atoms with Crippen LogP contribution in [-0.2, 0) is 0 Å². The van der Waals surface area contributed by atoms with Crippen LogP contribution in [0.3, 0.4) is 0 Å². The summed E-state index contributed by atoms with van der Waals surface area (Å²) < 4.78 is 0. The first kappa shape index (κ1) is 15.3. The molecule has 0 unspecified atom stereocenters. The maximum absolute atomic E-state index is 12.0. The van der Waals surface area contributed by atoms with E-state index in [0.29, 0.717) is 22.4 Å². The molecule has 2 aromatic rings. The van der Waals surface area contributed by atoms with Crippen molar-refractivity contribution in [1.29, 1.82) is 0 Å². The normalized spacial score (nSPS) is 10.5. The van der Waals surface area contributed by atoms with Gasteiger partial charge in [0.15, 0.2) is 0 Å². The fraction of sp³-hybridized carbons (Fsp3) is 0.267. The third-order valence-electron chi connectivity index (χ3n) is 2.63. The number of rotatable bonds is 4. The Hall–Kier alpha value is -2.14. The highest BCUT2D eigenvalue weighted by Gasteiger charge is 2.12. The molecule has 1 amide bonds. The maximum atomic E-state index is 12.0. The number of aryl methyl sites for hydroxylation is 1. The second-order valence-corrected chi connectivity index (χ2v) is 5.33. The Labute approximate surface area is 128 Å². The van der Waals surface area contributed by atoms with Crippen LogP contribution in [0.5, 0.6) is 0 Å². The first-order valence-corrected chi connectivity index (χ1v) is 7.01. The number of halogens is 1. The number of para-hydroxylation sites is 1. The Kier molecular flexibility index (Phi) is 4.75. The summed E-state index contributed by atoms with van der Waals surface area (Å²) in [5, 5.41) is 6.49. The number of hydrogen-bond acceptors (Lipinski definition) is 4. The highest BCUT2D eigenvalue weighted by Crippen LogP contribution is 2.24. The van der Waals surface area contributed by atoms with E-state index in [2.05, 4.69) is 20.6 Å². The third-order valence-corrected chi connectivity index (χ3v) is 2.96. The molecule has 2 N–H and O–H groups in total. The summed E-state index contributed by atoms with van der Waals surface area (Å²) in [7, 11) is 0. The molecule has 1 aromatic heterocycles. The Balaban J connectivity index is 2.27. The fourth-order valence-corrected chi connectivity index (χ4v) is 1.97. The molecule has 21 heavy (non-hydrogen) atoms. The predicted molar refractivity (Wildman–Crippen MR) is 84.1 cm³/mol. The van der Waals surface area contributed by atoms with Crippen molar-refractivity contribution in [2.75, 3.05) is 5.32 Å². The number of nitrogens with one attached hydrogen (secondary N) is 2. The number of nitrogens with zero attached hydrogens (tertiary/aromatic N) is 2. The van der Waals surface area contributed by atoms with E-state index in [1.807, 2.05) is 32.0 Å². The van der Waals surface area contributed by atoms with Crippen molar-refractivity contribution >= 4 is 29.0 Å². The summed E-state index contributed by atoms with van der Waals surface area (Å²) >= 11 is 6.10. The number of anilines is 2. The zero-order valence-electron chi connectivity index (χ0n) is 12.1. The number of carbonyl (C=O) groups is 1. The van der Waals surface area contributed by atoms with E-state index >= 15 is 0 Å². The summed E-state index contributed by atoms with van der Waals surface area (Å²) in [6, 6.07) is 8.99. The monoisotopic (exact) mass is 304 g/mol. The summed E-state index contributed by atoms with van der Waals surface area (Å²) in [5.41, 5.74) is 1.05. The van der Waals surface area contributed by atoms with Gasteiger partial charge in [0.2, 0.25) is 0 Å². The van der Waals surface area contributed by atoms with Crippen molar-refractivity contribution in [3.05, 3.63) is 46.9 Å². The van der Waals surface area contributed by atoms with Crippen molar-refractivity contribution in [3.63, 3.8) is 0 Å². The zero-order valence-corrected chi connectivity index (χ0v) is 12.9. The van der Waals surface area contributed by atoms with Crippen molar-refractivity contribution in [2.45, 2.75) is 26.8 Å². The van der Waals surface area contributed by atoms with E-state index in [1.54, 1.807) is 19.1 Å². The zero-order chi connectivity index (χ0) is 15.4. The van der Waals surface area contributed by atoms with E-state index in [1.165, 1.54) is 0 Å². The molecule has 6 heteroatoms. The van der Waals surface area contributed by atoms with Gasteiger partial charge in [-0.25, -0.2) is 9.97 Å². The average Bonchev–Trinajstić information content (AvgIpc) is 2.40. The topological polar surface area (TPSA) is 66.9 Å². The van der Waals surface area contributed by atoms with Crippen LogP contribution in [0.4, 0.5) is 11.5 Å². The summed E-state index contributed by atoms with van der Waals surface area (Å²) in [4.78, 5) is 20.4. The molecule has 0 fully saturated rings. The molecule has 1 aromatic carbocycles. The van der Waals surface area contributed by atoms with Gasteiger partial charge in [0, 0.05) is 12.1 Å². The molecule has 0 aliphatic heterocycles. The summed E-state index contributed by atoms with van der Waals surface area (Å²) in [6.07, 6.45) is 0. The second kappa shape index (κ2) is 6.54. The molecule has 0 saturated carbocycles. The van der Waals surface area contributed by atoms with Crippen LogP contribution >= 0.6 is 11.6 Å². The van der Waals surface area contributed by atoms with Crippen LogP contribution < -0.4 is 10.6 Å². The van der Waals surface area contributed by atoms with Gasteiger partial charge < -0.3 is 10.6 Å². The first-order chi connectivity index (χ1) is 9.95. The Morgan fingerprint density at radius 2 is 1.95 bits per heavy atom. The van der Waals surface area contributed by atoms with Gasteiger partial charge in [-0.3, -0.25) is 4.79 Å². The molecule has 2 rings (SSSR count). The number of amides is 1. The van der Waals surface area contributed by atoms with Crippen LogP contribution in [0, 0.1) is 6.92 Å². The van der Waals surface area contributed by atoms with Gasteiger partial charge in [-0.2, -0.15) is 0 Å². The molecule has 0 radical (unpaired) electrons. The van der Waals surface area contributed by atoms with Crippen LogP contribution in [0.1, 0.15) is 30.2 Å². The molecule has 0 aliphatic carbocycles. The average molecular weight is 305 g/mol. The minimum Gasteiger partial charge on any atom is -0.349 e. The Morgan fingerprint density at radius 3 is 2.62 bits per heavy atom. The lowest BCUT2D eigenvalue weighted by molar-refractivity contribution is 0.0937. The van der Waals surface area contributed by atoms with Gasteiger partial charge in [0.1, 0.15) is 17.3 Å². The highest BCUT2D eigenvalue weighted by molar-refractivity contribution is 6.33. The van der Waals surface area contributed by atoms with E-state index < -0.39 is 0 Å². The molecule has 0 saturated heterocycles. The molecule has 0 atom stereocenters. The number of aromatic nitrogens is 2. The van der Waals surface area contributed by atoms with E-state index in [9.17, 15) is 4.79 Å². The van der Waals surface area contributed by atoms with Gasteiger partial charge in [-0.15, -0.1) is 0 Å². The number of benzene rings is 1.